The van der Waals surface area contributed by atoms with Crippen LogP contribution in [0.1, 0.15) is 32.1 Å². The Bertz CT molecular complexity index is 563. The summed E-state index contributed by atoms with van der Waals surface area (Å²) in [4.78, 5) is 23.3. The van der Waals surface area contributed by atoms with Gasteiger partial charge in [-0.05, 0) is 25.0 Å². The fourth-order valence-corrected chi connectivity index (χ4v) is 3.07. The molecule has 1 aromatic carbocycles. The van der Waals surface area contributed by atoms with Crippen molar-refractivity contribution in [3.05, 3.63) is 28.2 Å². The molecule has 0 saturated heterocycles. The van der Waals surface area contributed by atoms with Crippen LogP contribution >= 0.6 is 15.9 Å². The first-order valence-electron chi connectivity index (χ1n) is 6.52. The van der Waals surface area contributed by atoms with E-state index in [1.807, 2.05) is 0 Å². The maximum Gasteiger partial charge on any atom is 0.310 e. The molecule has 0 heterocycles. The van der Waals surface area contributed by atoms with E-state index in [-0.39, 0.29) is 10.9 Å². The van der Waals surface area contributed by atoms with Gasteiger partial charge in [-0.3, -0.25) is 9.59 Å². The lowest BCUT2D eigenvalue weighted by Crippen LogP contribution is -2.33. The highest BCUT2D eigenvalue weighted by Crippen LogP contribution is 2.41. The summed E-state index contributed by atoms with van der Waals surface area (Å²) < 4.78 is 27.5. The van der Waals surface area contributed by atoms with Gasteiger partial charge in [-0.25, -0.2) is 8.78 Å². The summed E-state index contributed by atoms with van der Waals surface area (Å²) in [5, 5.41) is 11.4. The van der Waals surface area contributed by atoms with Gasteiger partial charge in [-0.2, -0.15) is 0 Å². The molecule has 1 aromatic rings. The summed E-state index contributed by atoms with van der Waals surface area (Å²) >= 11 is 2.94. The van der Waals surface area contributed by atoms with E-state index in [0.717, 1.165) is 25.0 Å². The Morgan fingerprint density at radius 2 is 1.76 bits per heavy atom. The number of carbonyl (C=O) groups excluding carboxylic acids is 1. The normalized spacial score (nSPS) is 16.7. The molecule has 114 valence electrons. The molecule has 0 aliphatic heterocycles. The molecule has 2 rings (SSSR count). The summed E-state index contributed by atoms with van der Waals surface area (Å²) in [5.41, 5.74) is -1.67. The van der Waals surface area contributed by atoms with Crippen molar-refractivity contribution in [2.75, 3.05) is 5.32 Å². The number of carbonyl (C=O) groups is 2. The predicted molar refractivity (Wildman–Crippen MR) is 75.8 cm³/mol. The molecule has 1 fully saturated rings. The highest BCUT2D eigenvalue weighted by Gasteiger charge is 2.43. The Balaban J connectivity index is 2.14. The SMILES string of the molecule is O=C(CC1(C(=O)O)CCCC1)Nc1c(F)cc(Br)cc1F. The molecule has 1 aliphatic rings. The topological polar surface area (TPSA) is 66.4 Å². The number of carboxylic acid groups (broad SMARTS) is 1. The van der Waals surface area contributed by atoms with Crippen LogP contribution in [-0.2, 0) is 9.59 Å². The lowest BCUT2D eigenvalue weighted by Gasteiger charge is -2.23. The molecule has 21 heavy (non-hydrogen) atoms. The van der Waals surface area contributed by atoms with Gasteiger partial charge in [0.2, 0.25) is 5.91 Å². The number of halogens is 3. The molecular formula is C14H14BrF2NO3. The number of aliphatic carboxylic acids is 1. The quantitative estimate of drug-likeness (QED) is 0.858. The Hall–Kier alpha value is -1.50. The molecule has 7 heteroatoms. The number of hydrogen-bond acceptors (Lipinski definition) is 2. The van der Waals surface area contributed by atoms with Gasteiger partial charge in [0.25, 0.3) is 0 Å². The summed E-state index contributed by atoms with van der Waals surface area (Å²) in [6, 6.07) is 2.06. The van der Waals surface area contributed by atoms with Gasteiger partial charge in [-0.15, -0.1) is 0 Å². The lowest BCUT2D eigenvalue weighted by molar-refractivity contribution is -0.150. The first kappa shape index (κ1) is 15.9. The van der Waals surface area contributed by atoms with E-state index < -0.39 is 34.6 Å². The highest BCUT2D eigenvalue weighted by molar-refractivity contribution is 9.10. The van der Waals surface area contributed by atoms with Gasteiger partial charge >= 0.3 is 5.97 Å². The van der Waals surface area contributed by atoms with Gasteiger partial charge in [0.15, 0.2) is 11.6 Å². The van der Waals surface area contributed by atoms with Crippen LogP contribution in [0.3, 0.4) is 0 Å². The van der Waals surface area contributed by atoms with Crippen LogP contribution in [0, 0.1) is 17.0 Å². The largest absolute Gasteiger partial charge is 0.481 e. The molecule has 0 unspecified atom stereocenters. The summed E-state index contributed by atoms with van der Waals surface area (Å²) in [6.07, 6.45) is 2.00. The van der Waals surface area contributed by atoms with Crippen molar-refractivity contribution in [1.82, 2.24) is 0 Å². The fourth-order valence-electron chi connectivity index (χ4n) is 2.67. The first-order valence-corrected chi connectivity index (χ1v) is 7.31. The molecule has 0 radical (unpaired) electrons. The van der Waals surface area contributed by atoms with Crippen molar-refractivity contribution in [2.24, 2.45) is 5.41 Å². The number of anilines is 1. The van der Waals surface area contributed by atoms with Crippen molar-refractivity contribution in [2.45, 2.75) is 32.1 Å². The molecule has 0 atom stereocenters. The summed E-state index contributed by atoms with van der Waals surface area (Å²) in [6.45, 7) is 0. The zero-order valence-corrected chi connectivity index (χ0v) is 12.7. The van der Waals surface area contributed by atoms with Gasteiger partial charge in [0.05, 0.1) is 5.41 Å². The molecule has 1 aliphatic carbocycles. The molecule has 0 bridgehead atoms. The second kappa shape index (κ2) is 6.09. The number of rotatable bonds is 4. The molecule has 1 amide bonds. The van der Waals surface area contributed by atoms with Crippen LogP contribution in [0.2, 0.25) is 0 Å². The second-order valence-electron chi connectivity index (χ2n) is 5.26. The van der Waals surface area contributed by atoms with E-state index in [1.54, 1.807) is 0 Å². The number of carboxylic acids is 1. The minimum atomic E-state index is -1.12. The lowest BCUT2D eigenvalue weighted by atomic mass is 9.82. The molecule has 0 aromatic heterocycles. The van der Waals surface area contributed by atoms with Gasteiger partial charge < -0.3 is 10.4 Å². The van der Waals surface area contributed by atoms with Gasteiger partial charge in [0.1, 0.15) is 5.69 Å². The zero-order chi connectivity index (χ0) is 15.6. The van der Waals surface area contributed by atoms with Crippen LogP contribution in [0.15, 0.2) is 16.6 Å². The number of hydrogen-bond donors (Lipinski definition) is 2. The van der Waals surface area contributed by atoms with Crippen LogP contribution in [0.5, 0.6) is 0 Å². The van der Waals surface area contributed by atoms with Gasteiger partial charge in [0, 0.05) is 10.9 Å². The molecule has 0 spiro atoms. The Labute approximate surface area is 128 Å². The first-order chi connectivity index (χ1) is 9.84. The maximum atomic E-state index is 13.6. The average molecular weight is 362 g/mol. The average Bonchev–Trinajstić information content (AvgIpc) is 2.83. The van der Waals surface area contributed by atoms with Crippen LogP contribution in [0.25, 0.3) is 0 Å². The number of benzene rings is 1. The summed E-state index contributed by atoms with van der Waals surface area (Å²) in [5.74, 6) is -3.55. The van der Waals surface area contributed by atoms with E-state index in [4.69, 9.17) is 0 Å². The molecule has 4 nitrogen and oxygen atoms in total. The third-order valence-corrected chi connectivity index (χ3v) is 4.24. The highest BCUT2D eigenvalue weighted by atomic mass is 79.9. The van der Waals surface area contributed by atoms with Gasteiger partial charge in [-0.1, -0.05) is 28.8 Å². The predicted octanol–water partition coefficient (Wildman–Crippen LogP) is 3.70. The molecule has 2 N–H and O–H groups in total. The Morgan fingerprint density at radius 1 is 1.24 bits per heavy atom. The van der Waals surface area contributed by atoms with E-state index in [1.165, 1.54) is 0 Å². The minimum Gasteiger partial charge on any atom is -0.481 e. The summed E-state index contributed by atoms with van der Waals surface area (Å²) in [7, 11) is 0. The van der Waals surface area contributed by atoms with Crippen molar-refractivity contribution in [3.8, 4) is 0 Å². The fraction of sp³-hybridized carbons (Fsp3) is 0.429. The Morgan fingerprint density at radius 3 is 2.24 bits per heavy atom. The van der Waals surface area contributed by atoms with E-state index in [2.05, 4.69) is 21.2 Å². The standard InChI is InChI=1S/C14H14BrF2NO3/c15-8-5-9(16)12(10(17)6-8)18-11(19)7-14(13(20)21)3-1-2-4-14/h5-6H,1-4,7H2,(H,18,19)(H,20,21). The van der Waals surface area contributed by atoms with Crippen molar-refractivity contribution in [3.63, 3.8) is 0 Å². The van der Waals surface area contributed by atoms with Crippen molar-refractivity contribution < 1.29 is 23.5 Å². The molecular weight excluding hydrogens is 348 g/mol. The smallest absolute Gasteiger partial charge is 0.310 e. The Kier molecular flexibility index (Phi) is 4.61. The van der Waals surface area contributed by atoms with E-state index in [9.17, 15) is 23.5 Å². The minimum absolute atomic E-state index is 0.216. The van der Waals surface area contributed by atoms with Crippen LogP contribution in [0.4, 0.5) is 14.5 Å². The van der Waals surface area contributed by atoms with E-state index in [0.29, 0.717) is 12.8 Å². The number of nitrogens with one attached hydrogen (secondary N) is 1. The zero-order valence-electron chi connectivity index (χ0n) is 11.1. The number of amides is 1. The molecule has 1 saturated carbocycles. The second-order valence-corrected chi connectivity index (χ2v) is 6.18. The monoisotopic (exact) mass is 361 g/mol. The third-order valence-electron chi connectivity index (χ3n) is 3.78. The van der Waals surface area contributed by atoms with Crippen LogP contribution < -0.4 is 5.32 Å². The van der Waals surface area contributed by atoms with E-state index >= 15 is 0 Å². The van der Waals surface area contributed by atoms with Crippen molar-refractivity contribution >= 4 is 33.5 Å². The van der Waals surface area contributed by atoms with Crippen LogP contribution in [-0.4, -0.2) is 17.0 Å². The van der Waals surface area contributed by atoms with Crippen molar-refractivity contribution in [1.29, 1.82) is 0 Å². The maximum absolute atomic E-state index is 13.6. The third kappa shape index (κ3) is 3.40.